The van der Waals surface area contributed by atoms with Crippen LogP contribution in [0.25, 0.3) is 0 Å². The van der Waals surface area contributed by atoms with Crippen molar-refractivity contribution >= 4 is 0 Å². The summed E-state index contributed by atoms with van der Waals surface area (Å²) in [5, 5.41) is 9.27. The van der Waals surface area contributed by atoms with E-state index in [4.69, 9.17) is 0 Å². The van der Waals surface area contributed by atoms with E-state index < -0.39 is 0 Å². The van der Waals surface area contributed by atoms with Crippen LogP contribution in [-0.2, 0) is 0 Å². The molecule has 1 N–H and O–H groups in total. The largest absolute Gasteiger partial charge is 0.396 e. The van der Waals surface area contributed by atoms with Crippen LogP contribution in [0.1, 0.15) is 98.3 Å². The summed E-state index contributed by atoms with van der Waals surface area (Å²) >= 11 is 0. The molecule has 0 saturated heterocycles. The Balaban J connectivity index is 0.00000210. The van der Waals surface area contributed by atoms with E-state index >= 15 is 0 Å². The summed E-state index contributed by atoms with van der Waals surface area (Å²) in [6.45, 7) is 10.7. The van der Waals surface area contributed by atoms with Crippen LogP contribution in [0.5, 0.6) is 0 Å². The number of aliphatic hydroxyl groups excluding tert-OH is 1. The van der Waals surface area contributed by atoms with E-state index in [1.54, 1.807) is 0 Å². The van der Waals surface area contributed by atoms with Gasteiger partial charge in [-0.15, -0.1) is 0 Å². The first-order chi connectivity index (χ1) is 12.4. The zero-order valence-electron chi connectivity index (χ0n) is 18.6. The SMILES string of the molecule is CC1CCC2(C)C(CCC3C2CCC2(C)C(C(C)CCCO)CCC32)C1.[Ac]. The van der Waals surface area contributed by atoms with Gasteiger partial charge in [0, 0.05) is 50.7 Å². The summed E-state index contributed by atoms with van der Waals surface area (Å²) in [5.74, 6) is 6.77. The molecule has 153 valence electrons. The molecular formula is C25H44AcO. The minimum Gasteiger partial charge on any atom is -0.396 e. The van der Waals surface area contributed by atoms with E-state index in [-0.39, 0.29) is 44.1 Å². The van der Waals surface area contributed by atoms with Crippen molar-refractivity contribution < 1.29 is 49.2 Å². The van der Waals surface area contributed by atoms with Crippen molar-refractivity contribution in [3.05, 3.63) is 0 Å². The second-order valence-electron chi connectivity index (χ2n) is 11.6. The Morgan fingerprint density at radius 1 is 0.926 bits per heavy atom. The summed E-state index contributed by atoms with van der Waals surface area (Å²) in [6.07, 6.45) is 15.8. The molecule has 0 aromatic rings. The Hall–Kier alpha value is 1.40. The molecule has 0 heterocycles. The fourth-order valence-corrected chi connectivity index (χ4v) is 9.06. The van der Waals surface area contributed by atoms with Crippen molar-refractivity contribution in [2.24, 2.45) is 52.3 Å². The van der Waals surface area contributed by atoms with Crippen LogP contribution >= 0.6 is 0 Å². The van der Waals surface area contributed by atoms with Gasteiger partial charge in [0.2, 0.25) is 0 Å². The fraction of sp³-hybridized carbons (Fsp3) is 1.00. The minimum absolute atomic E-state index is 0. The number of aliphatic hydroxyl groups is 1. The Morgan fingerprint density at radius 2 is 1.63 bits per heavy atom. The molecule has 4 aliphatic carbocycles. The zero-order valence-corrected chi connectivity index (χ0v) is 23.3. The zero-order chi connectivity index (χ0) is 18.5. The summed E-state index contributed by atoms with van der Waals surface area (Å²) < 4.78 is 0. The Kier molecular flexibility index (Phi) is 7.58. The van der Waals surface area contributed by atoms with E-state index in [0.717, 1.165) is 47.8 Å². The molecule has 4 fully saturated rings. The van der Waals surface area contributed by atoms with Crippen LogP contribution in [0.2, 0.25) is 0 Å². The first-order valence-corrected chi connectivity index (χ1v) is 12.0. The maximum Gasteiger partial charge on any atom is 0.0431 e. The maximum absolute atomic E-state index is 9.27. The molecule has 0 bridgehead atoms. The average molecular weight is 588 g/mol. The average Bonchev–Trinajstić information content (AvgIpc) is 2.97. The van der Waals surface area contributed by atoms with E-state index in [9.17, 15) is 5.11 Å². The number of fused-ring (bicyclic) bond motifs is 5. The van der Waals surface area contributed by atoms with Crippen molar-refractivity contribution in [3.8, 4) is 0 Å². The molecule has 1 nitrogen and oxygen atoms in total. The van der Waals surface area contributed by atoms with E-state index in [1.807, 2.05) is 0 Å². The molecule has 4 saturated carbocycles. The second-order valence-corrected chi connectivity index (χ2v) is 11.6. The van der Waals surface area contributed by atoms with Crippen molar-refractivity contribution in [1.29, 1.82) is 0 Å². The van der Waals surface area contributed by atoms with Gasteiger partial charge < -0.3 is 5.11 Å². The van der Waals surface area contributed by atoms with Crippen molar-refractivity contribution in [3.63, 3.8) is 0 Å². The van der Waals surface area contributed by atoms with Gasteiger partial charge in [0.15, 0.2) is 0 Å². The third kappa shape index (κ3) is 3.89. The van der Waals surface area contributed by atoms with Crippen molar-refractivity contribution in [2.45, 2.75) is 98.3 Å². The van der Waals surface area contributed by atoms with Gasteiger partial charge in [-0.1, -0.05) is 34.1 Å². The van der Waals surface area contributed by atoms with Crippen LogP contribution in [0.15, 0.2) is 0 Å². The van der Waals surface area contributed by atoms with Crippen LogP contribution in [0.4, 0.5) is 0 Å². The van der Waals surface area contributed by atoms with Crippen LogP contribution < -0.4 is 0 Å². The van der Waals surface area contributed by atoms with Gasteiger partial charge in [0.1, 0.15) is 0 Å². The molecule has 27 heavy (non-hydrogen) atoms. The summed E-state index contributed by atoms with van der Waals surface area (Å²) in [5.41, 5.74) is 1.26. The summed E-state index contributed by atoms with van der Waals surface area (Å²) in [7, 11) is 0. The standard InChI is InChI=1S/C25H44O.Ac/c1-17-11-13-24(3)19(16-17)7-8-20-22-10-9-21(18(2)6-5-15-26)25(22,4)14-12-23(20)24;/h17-23,26H,5-16H2,1-4H3;. The third-order valence-corrected chi connectivity index (χ3v) is 10.5. The number of hydrogen-bond donors (Lipinski definition) is 1. The molecule has 0 aromatic carbocycles. The van der Waals surface area contributed by atoms with E-state index in [1.165, 1.54) is 64.2 Å². The number of hydrogen-bond acceptors (Lipinski definition) is 1. The summed E-state index contributed by atoms with van der Waals surface area (Å²) in [6, 6.07) is 0. The van der Waals surface area contributed by atoms with Crippen LogP contribution in [0, 0.1) is 96.3 Å². The van der Waals surface area contributed by atoms with Crippen LogP contribution in [-0.4, -0.2) is 11.7 Å². The Bertz CT molecular complexity index is 507. The molecule has 0 aliphatic heterocycles. The fourth-order valence-electron chi connectivity index (χ4n) is 9.06. The quantitative estimate of drug-likeness (QED) is 0.389. The smallest absolute Gasteiger partial charge is 0.0431 e. The van der Waals surface area contributed by atoms with Gasteiger partial charge in [-0.3, -0.25) is 0 Å². The summed E-state index contributed by atoms with van der Waals surface area (Å²) in [4.78, 5) is 0. The maximum atomic E-state index is 9.27. The molecular weight excluding hydrogens is 543 g/mol. The topological polar surface area (TPSA) is 20.2 Å². The third-order valence-electron chi connectivity index (χ3n) is 10.5. The molecule has 0 amide bonds. The molecule has 4 rings (SSSR count). The second kappa shape index (κ2) is 8.87. The molecule has 9 unspecified atom stereocenters. The Morgan fingerprint density at radius 3 is 2.37 bits per heavy atom. The molecule has 9 atom stereocenters. The normalized spacial score (nSPS) is 50.1. The van der Waals surface area contributed by atoms with Gasteiger partial charge in [0.25, 0.3) is 0 Å². The molecule has 4 aliphatic rings. The van der Waals surface area contributed by atoms with Crippen molar-refractivity contribution in [2.75, 3.05) is 6.61 Å². The van der Waals surface area contributed by atoms with Gasteiger partial charge in [-0.25, -0.2) is 0 Å². The number of rotatable bonds is 4. The molecule has 2 heteroatoms. The first kappa shape index (κ1) is 23.1. The van der Waals surface area contributed by atoms with Gasteiger partial charge in [-0.05, 0) is 116 Å². The van der Waals surface area contributed by atoms with Gasteiger partial charge in [0.05, 0.1) is 0 Å². The van der Waals surface area contributed by atoms with Crippen molar-refractivity contribution in [1.82, 2.24) is 0 Å². The molecule has 0 aromatic heterocycles. The van der Waals surface area contributed by atoms with Crippen LogP contribution in [0.3, 0.4) is 0 Å². The predicted molar refractivity (Wildman–Crippen MR) is 110 cm³/mol. The molecule has 0 spiro atoms. The van der Waals surface area contributed by atoms with Gasteiger partial charge >= 0.3 is 0 Å². The predicted octanol–water partition coefficient (Wildman–Crippen LogP) is 6.69. The minimum atomic E-state index is 0. The molecule has 1 radical (unpaired) electrons. The van der Waals surface area contributed by atoms with E-state index in [0.29, 0.717) is 17.4 Å². The first-order valence-electron chi connectivity index (χ1n) is 12.0. The Labute approximate surface area is 204 Å². The monoisotopic (exact) mass is 587 g/mol. The van der Waals surface area contributed by atoms with E-state index in [2.05, 4.69) is 27.7 Å². The van der Waals surface area contributed by atoms with Gasteiger partial charge in [-0.2, -0.15) is 0 Å².